The zero-order valence-electron chi connectivity index (χ0n) is 16.4. The van der Waals surface area contributed by atoms with E-state index in [1.54, 1.807) is 41.6 Å². The van der Waals surface area contributed by atoms with E-state index in [0.717, 1.165) is 24.1 Å². The van der Waals surface area contributed by atoms with Crippen LogP contribution in [0, 0.1) is 0 Å². The van der Waals surface area contributed by atoms with Crippen LogP contribution in [0.5, 0.6) is 0 Å². The maximum Gasteiger partial charge on any atom is 0.410 e. The van der Waals surface area contributed by atoms with Gasteiger partial charge >= 0.3 is 12.1 Å². The highest BCUT2D eigenvalue weighted by Crippen LogP contribution is 2.28. The first-order valence-corrected chi connectivity index (χ1v) is 9.36. The van der Waals surface area contributed by atoms with Crippen LogP contribution in [0.15, 0.2) is 36.7 Å². The molecule has 0 bridgehead atoms. The largest absolute Gasteiger partial charge is 0.478 e. The summed E-state index contributed by atoms with van der Waals surface area (Å²) < 4.78 is 5.43. The Kier molecular flexibility index (Phi) is 5.63. The van der Waals surface area contributed by atoms with Crippen LogP contribution in [0.2, 0.25) is 0 Å². The van der Waals surface area contributed by atoms with Gasteiger partial charge in [-0.25, -0.2) is 9.59 Å². The van der Waals surface area contributed by atoms with E-state index < -0.39 is 11.6 Å². The van der Waals surface area contributed by atoms with Crippen molar-refractivity contribution in [2.45, 2.75) is 45.1 Å². The molecule has 0 unspecified atom stereocenters. The number of aromatic carboxylic acids is 1. The molecule has 2 aromatic rings. The summed E-state index contributed by atoms with van der Waals surface area (Å²) in [7, 11) is 0. The Labute approximate surface area is 164 Å². The molecule has 1 aliphatic rings. The number of amides is 1. The van der Waals surface area contributed by atoms with Crippen molar-refractivity contribution in [1.29, 1.82) is 0 Å². The van der Waals surface area contributed by atoms with Crippen molar-refractivity contribution in [2.24, 2.45) is 0 Å². The van der Waals surface area contributed by atoms with Crippen LogP contribution < -0.4 is 0 Å². The first kappa shape index (κ1) is 19.8. The van der Waals surface area contributed by atoms with Gasteiger partial charge in [0, 0.05) is 30.8 Å². The number of carboxylic acid groups (broad SMARTS) is 1. The number of ether oxygens (including phenoxy) is 1. The lowest BCUT2D eigenvalue weighted by molar-refractivity contribution is 0.0203. The maximum atomic E-state index is 12.2. The highest BCUT2D eigenvalue weighted by atomic mass is 16.6. The van der Waals surface area contributed by atoms with E-state index in [9.17, 15) is 9.59 Å². The molecule has 7 nitrogen and oxygen atoms in total. The molecule has 1 aromatic heterocycles. The first-order chi connectivity index (χ1) is 13.2. The number of likely N-dealkylation sites (tertiary alicyclic amines) is 1. The number of benzene rings is 1. The van der Waals surface area contributed by atoms with Crippen molar-refractivity contribution >= 4 is 12.1 Å². The zero-order chi connectivity index (χ0) is 20.3. The molecule has 0 aliphatic carbocycles. The van der Waals surface area contributed by atoms with Crippen molar-refractivity contribution in [1.82, 2.24) is 14.9 Å². The molecule has 28 heavy (non-hydrogen) atoms. The smallest absolute Gasteiger partial charge is 0.410 e. The summed E-state index contributed by atoms with van der Waals surface area (Å²) in [6.07, 6.45) is 4.86. The molecule has 1 N–H and O–H groups in total. The normalized spacial score (nSPS) is 15.3. The molecular formula is C21H25N3O4. The summed E-state index contributed by atoms with van der Waals surface area (Å²) in [5, 5.41) is 8.97. The van der Waals surface area contributed by atoms with Crippen LogP contribution in [0.3, 0.4) is 0 Å². The van der Waals surface area contributed by atoms with E-state index in [2.05, 4.69) is 9.97 Å². The molecular weight excluding hydrogens is 358 g/mol. The van der Waals surface area contributed by atoms with Crippen LogP contribution in [-0.2, 0) is 4.74 Å². The second-order valence-corrected chi connectivity index (χ2v) is 7.95. The molecule has 3 rings (SSSR count). The second-order valence-electron chi connectivity index (χ2n) is 7.95. The minimum atomic E-state index is -0.953. The van der Waals surface area contributed by atoms with Crippen LogP contribution in [0.1, 0.15) is 55.6 Å². The van der Waals surface area contributed by atoms with Crippen LogP contribution in [0.4, 0.5) is 4.79 Å². The topological polar surface area (TPSA) is 92.6 Å². The summed E-state index contributed by atoms with van der Waals surface area (Å²) in [4.78, 5) is 33.9. The number of rotatable bonds is 3. The Morgan fingerprint density at radius 3 is 2.21 bits per heavy atom. The number of nitrogens with zero attached hydrogens (tertiary/aromatic N) is 3. The summed E-state index contributed by atoms with van der Waals surface area (Å²) in [6, 6.07) is 6.57. The van der Waals surface area contributed by atoms with Gasteiger partial charge in [-0.3, -0.25) is 9.97 Å². The van der Waals surface area contributed by atoms with Gasteiger partial charge < -0.3 is 14.7 Å². The highest BCUT2D eigenvalue weighted by Gasteiger charge is 2.28. The standard InChI is InChI=1S/C21H25N3O4/c1-21(2,3)28-20(27)24-10-8-15(9-11-24)18-13-22-17(12-23-18)14-4-6-16(7-5-14)19(25)26/h4-7,12-13,15H,8-11H2,1-3H3,(H,25,26). The third-order valence-corrected chi connectivity index (χ3v) is 4.66. The van der Waals surface area contributed by atoms with Crippen LogP contribution >= 0.6 is 0 Å². The van der Waals surface area contributed by atoms with Gasteiger partial charge in [-0.05, 0) is 45.7 Å². The molecule has 148 valence electrons. The SMILES string of the molecule is CC(C)(C)OC(=O)N1CCC(c2cnc(-c3ccc(C(=O)O)cc3)cn2)CC1. The van der Waals surface area contributed by atoms with Gasteiger partial charge in [-0.15, -0.1) is 0 Å². The molecule has 1 amide bonds. The van der Waals surface area contributed by atoms with Crippen molar-refractivity contribution in [3.63, 3.8) is 0 Å². The number of hydrogen-bond donors (Lipinski definition) is 1. The van der Waals surface area contributed by atoms with Crippen LogP contribution in [0.25, 0.3) is 11.3 Å². The van der Waals surface area contributed by atoms with Gasteiger partial charge in [-0.2, -0.15) is 0 Å². The first-order valence-electron chi connectivity index (χ1n) is 9.36. The summed E-state index contributed by atoms with van der Waals surface area (Å²) >= 11 is 0. The van der Waals surface area contributed by atoms with Crippen molar-refractivity contribution in [3.05, 3.63) is 47.9 Å². The third-order valence-electron chi connectivity index (χ3n) is 4.66. The van der Waals surface area contributed by atoms with Crippen molar-refractivity contribution < 1.29 is 19.4 Å². The molecule has 1 aliphatic heterocycles. The highest BCUT2D eigenvalue weighted by molar-refractivity contribution is 5.88. The lowest BCUT2D eigenvalue weighted by Crippen LogP contribution is -2.41. The number of carbonyl (C=O) groups is 2. The molecule has 2 heterocycles. The fourth-order valence-electron chi connectivity index (χ4n) is 3.17. The van der Waals surface area contributed by atoms with E-state index >= 15 is 0 Å². The fraction of sp³-hybridized carbons (Fsp3) is 0.429. The van der Waals surface area contributed by atoms with E-state index in [0.29, 0.717) is 18.8 Å². The second kappa shape index (κ2) is 7.96. The minimum absolute atomic E-state index is 0.241. The predicted molar refractivity (Wildman–Crippen MR) is 104 cm³/mol. The number of aromatic nitrogens is 2. The van der Waals surface area contributed by atoms with Crippen LogP contribution in [-0.4, -0.2) is 50.7 Å². The predicted octanol–water partition coefficient (Wildman–Crippen LogP) is 3.96. The average molecular weight is 383 g/mol. The lowest BCUT2D eigenvalue weighted by Gasteiger charge is -2.33. The molecule has 1 aromatic carbocycles. The summed E-state index contributed by atoms with van der Waals surface area (Å²) in [5.74, 6) is -0.694. The molecule has 0 saturated carbocycles. The Morgan fingerprint density at radius 2 is 1.71 bits per heavy atom. The van der Waals surface area contributed by atoms with E-state index in [1.807, 2.05) is 20.8 Å². The maximum absolute atomic E-state index is 12.2. The minimum Gasteiger partial charge on any atom is -0.478 e. The molecule has 1 fully saturated rings. The molecule has 0 atom stereocenters. The lowest BCUT2D eigenvalue weighted by atomic mass is 9.94. The summed E-state index contributed by atoms with van der Waals surface area (Å²) in [6.45, 7) is 6.87. The zero-order valence-corrected chi connectivity index (χ0v) is 16.4. The van der Waals surface area contributed by atoms with Crippen molar-refractivity contribution in [2.75, 3.05) is 13.1 Å². The molecule has 7 heteroatoms. The number of piperidine rings is 1. The van der Waals surface area contributed by atoms with E-state index in [4.69, 9.17) is 9.84 Å². The molecule has 1 saturated heterocycles. The fourth-order valence-corrected chi connectivity index (χ4v) is 3.17. The quantitative estimate of drug-likeness (QED) is 0.862. The Balaban J connectivity index is 1.60. The number of carbonyl (C=O) groups excluding carboxylic acids is 1. The molecule has 0 radical (unpaired) electrons. The van der Waals surface area contributed by atoms with Gasteiger partial charge in [-0.1, -0.05) is 12.1 Å². The van der Waals surface area contributed by atoms with Gasteiger partial charge in [0.05, 0.1) is 23.1 Å². The van der Waals surface area contributed by atoms with E-state index in [-0.39, 0.29) is 17.6 Å². The Morgan fingerprint density at radius 1 is 1.07 bits per heavy atom. The molecule has 0 spiro atoms. The van der Waals surface area contributed by atoms with E-state index in [1.165, 1.54) is 0 Å². The van der Waals surface area contributed by atoms with Gasteiger partial charge in [0.15, 0.2) is 0 Å². The number of carboxylic acids is 1. The average Bonchev–Trinajstić information content (AvgIpc) is 2.67. The Bertz CT molecular complexity index is 833. The van der Waals surface area contributed by atoms with Gasteiger partial charge in [0.2, 0.25) is 0 Å². The van der Waals surface area contributed by atoms with Gasteiger partial charge in [0.1, 0.15) is 5.60 Å². The summed E-state index contributed by atoms with van der Waals surface area (Å²) in [5.41, 5.74) is 2.19. The van der Waals surface area contributed by atoms with Crippen molar-refractivity contribution in [3.8, 4) is 11.3 Å². The van der Waals surface area contributed by atoms with Gasteiger partial charge in [0.25, 0.3) is 0 Å². The third kappa shape index (κ3) is 4.85. The Hall–Kier alpha value is -2.96. The number of hydrogen-bond acceptors (Lipinski definition) is 5. The monoisotopic (exact) mass is 383 g/mol.